The first-order chi connectivity index (χ1) is 9.75. The topological polar surface area (TPSA) is 33.5 Å². The zero-order valence-corrected chi connectivity index (χ0v) is 11.7. The summed E-state index contributed by atoms with van der Waals surface area (Å²) in [5.41, 5.74) is 2.68. The molecule has 104 valence electrons. The molecule has 1 aromatic heterocycles. The molecular formula is C17H19NO2. The molecule has 1 heterocycles. The molecule has 1 amide bonds. The molecule has 1 aromatic carbocycles. The van der Waals surface area contributed by atoms with Crippen molar-refractivity contribution in [2.75, 3.05) is 7.05 Å². The fourth-order valence-electron chi connectivity index (χ4n) is 2.97. The van der Waals surface area contributed by atoms with Gasteiger partial charge in [-0.15, -0.1) is 0 Å². The maximum Gasteiger partial charge on any atom is 0.223 e. The standard InChI is InChI=1S/C17H19NO2/c1-18(17(19)11-9-14-6-4-12-20-14)16-10-8-13-5-2-3-7-15(13)16/h2-7,12,16H,8-11H2,1H3/t16-/m0/s1. The van der Waals surface area contributed by atoms with Crippen LogP contribution in [0.25, 0.3) is 0 Å². The molecular weight excluding hydrogens is 250 g/mol. The van der Waals surface area contributed by atoms with Gasteiger partial charge < -0.3 is 9.32 Å². The Morgan fingerprint density at radius 3 is 2.95 bits per heavy atom. The summed E-state index contributed by atoms with van der Waals surface area (Å²) in [6, 6.07) is 12.4. The number of furan rings is 1. The molecule has 3 nitrogen and oxygen atoms in total. The van der Waals surface area contributed by atoms with Crippen LogP contribution in [0.5, 0.6) is 0 Å². The van der Waals surface area contributed by atoms with E-state index < -0.39 is 0 Å². The second-order valence-electron chi connectivity index (χ2n) is 5.34. The van der Waals surface area contributed by atoms with Gasteiger partial charge in [-0.2, -0.15) is 0 Å². The average molecular weight is 269 g/mol. The number of carbonyl (C=O) groups is 1. The maximum atomic E-state index is 12.3. The van der Waals surface area contributed by atoms with Gasteiger partial charge in [0.1, 0.15) is 5.76 Å². The van der Waals surface area contributed by atoms with E-state index in [0.29, 0.717) is 12.8 Å². The Bertz CT molecular complexity index is 589. The van der Waals surface area contributed by atoms with Gasteiger partial charge in [-0.1, -0.05) is 24.3 Å². The Labute approximate surface area is 119 Å². The number of hydrogen-bond acceptors (Lipinski definition) is 2. The number of amides is 1. The second-order valence-corrected chi connectivity index (χ2v) is 5.34. The molecule has 0 aliphatic heterocycles. The summed E-state index contributed by atoms with van der Waals surface area (Å²) < 4.78 is 5.27. The zero-order valence-electron chi connectivity index (χ0n) is 11.7. The number of nitrogens with zero attached hydrogens (tertiary/aromatic N) is 1. The van der Waals surface area contributed by atoms with Crippen molar-refractivity contribution in [3.05, 3.63) is 59.5 Å². The van der Waals surface area contributed by atoms with Gasteiger partial charge in [0, 0.05) is 19.9 Å². The SMILES string of the molecule is CN(C(=O)CCc1ccco1)[C@H]1CCc2ccccc21. The van der Waals surface area contributed by atoms with Gasteiger partial charge in [-0.25, -0.2) is 0 Å². The van der Waals surface area contributed by atoms with Crippen molar-refractivity contribution in [1.82, 2.24) is 4.90 Å². The first kappa shape index (κ1) is 13.0. The van der Waals surface area contributed by atoms with Crippen molar-refractivity contribution >= 4 is 5.91 Å². The number of fused-ring (bicyclic) bond motifs is 1. The zero-order chi connectivity index (χ0) is 13.9. The van der Waals surface area contributed by atoms with Crippen LogP contribution in [0.15, 0.2) is 47.1 Å². The minimum atomic E-state index is 0.183. The van der Waals surface area contributed by atoms with Crippen LogP contribution in [0.1, 0.15) is 35.8 Å². The lowest BCUT2D eigenvalue weighted by Crippen LogP contribution is -2.30. The number of hydrogen-bond donors (Lipinski definition) is 0. The Morgan fingerprint density at radius 1 is 1.30 bits per heavy atom. The number of aryl methyl sites for hydroxylation is 2. The van der Waals surface area contributed by atoms with Gasteiger partial charge in [0.05, 0.1) is 12.3 Å². The Hall–Kier alpha value is -2.03. The third-order valence-corrected chi connectivity index (χ3v) is 4.13. The van der Waals surface area contributed by atoms with E-state index in [2.05, 4.69) is 24.3 Å². The molecule has 0 unspecified atom stereocenters. The van der Waals surface area contributed by atoms with Gasteiger partial charge in [-0.3, -0.25) is 4.79 Å². The lowest BCUT2D eigenvalue weighted by Gasteiger charge is -2.25. The highest BCUT2D eigenvalue weighted by molar-refractivity contribution is 5.76. The van der Waals surface area contributed by atoms with E-state index in [0.717, 1.165) is 18.6 Å². The molecule has 0 fully saturated rings. The fourth-order valence-corrected chi connectivity index (χ4v) is 2.97. The summed E-state index contributed by atoms with van der Waals surface area (Å²) in [5, 5.41) is 0. The molecule has 1 aliphatic rings. The summed E-state index contributed by atoms with van der Waals surface area (Å²) in [5.74, 6) is 1.06. The molecule has 20 heavy (non-hydrogen) atoms. The van der Waals surface area contributed by atoms with Gasteiger partial charge in [0.2, 0.25) is 5.91 Å². The third kappa shape index (κ3) is 2.48. The lowest BCUT2D eigenvalue weighted by molar-refractivity contribution is -0.132. The minimum Gasteiger partial charge on any atom is -0.469 e. The van der Waals surface area contributed by atoms with Crippen LogP contribution in [0.4, 0.5) is 0 Å². The first-order valence-electron chi connectivity index (χ1n) is 7.11. The Balaban J connectivity index is 1.64. The van der Waals surface area contributed by atoms with Gasteiger partial charge in [-0.05, 0) is 36.1 Å². The molecule has 1 aliphatic carbocycles. The number of rotatable bonds is 4. The summed E-state index contributed by atoms with van der Waals surface area (Å²) in [4.78, 5) is 14.2. The molecule has 0 N–H and O–H groups in total. The molecule has 0 saturated heterocycles. The van der Waals surface area contributed by atoms with Crippen molar-refractivity contribution in [1.29, 1.82) is 0 Å². The molecule has 2 aromatic rings. The fraction of sp³-hybridized carbons (Fsp3) is 0.353. The average Bonchev–Trinajstić information content (AvgIpc) is 3.13. The van der Waals surface area contributed by atoms with E-state index >= 15 is 0 Å². The molecule has 0 bridgehead atoms. The number of carbonyl (C=O) groups excluding carboxylic acids is 1. The van der Waals surface area contributed by atoms with E-state index in [1.165, 1.54) is 11.1 Å². The van der Waals surface area contributed by atoms with Crippen LogP contribution >= 0.6 is 0 Å². The van der Waals surface area contributed by atoms with Crippen LogP contribution in [-0.2, 0) is 17.6 Å². The monoisotopic (exact) mass is 269 g/mol. The predicted octanol–water partition coefficient (Wildman–Crippen LogP) is 3.36. The summed E-state index contributed by atoms with van der Waals surface area (Å²) in [6.45, 7) is 0. The van der Waals surface area contributed by atoms with Crippen LogP contribution in [0, 0.1) is 0 Å². The molecule has 3 heteroatoms. The van der Waals surface area contributed by atoms with E-state index in [1.54, 1.807) is 6.26 Å². The minimum absolute atomic E-state index is 0.183. The van der Waals surface area contributed by atoms with Crippen molar-refractivity contribution in [3.63, 3.8) is 0 Å². The van der Waals surface area contributed by atoms with Crippen molar-refractivity contribution in [2.45, 2.75) is 31.7 Å². The quantitative estimate of drug-likeness (QED) is 0.852. The molecule has 0 radical (unpaired) electrons. The highest BCUT2D eigenvalue weighted by Gasteiger charge is 2.27. The summed E-state index contributed by atoms with van der Waals surface area (Å²) in [6.07, 6.45) is 4.92. The third-order valence-electron chi connectivity index (χ3n) is 4.13. The highest BCUT2D eigenvalue weighted by atomic mass is 16.3. The van der Waals surface area contributed by atoms with Crippen LogP contribution in [-0.4, -0.2) is 17.9 Å². The van der Waals surface area contributed by atoms with Gasteiger partial charge in [0.25, 0.3) is 0 Å². The number of benzene rings is 1. The van der Waals surface area contributed by atoms with E-state index in [-0.39, 0.29) is 11.9 Å². The predicted molar refractivity (Wildman–Crippen MR) is 77.3 cm³/mol. The molecule has 0 saturated carbocycles. The Morgan fingerprint density at radius 2 is 2.15 bits per heavy atom. The van der Waals surface area contributed by atoms with Crippen molar-refractivity contribution in [2.24, 2.45) is 0 Å². The van der Waals surface area contributed by atoms with Crippen molar-refractivity contribution in [3.8, 4) is 0 Å². The van der Waals surface area contributed by atoms with Crippen molar-refractivity contribution < 1.29 is 9.21 Å². The highest BCUT2D eigenvalue weighted by Crippen LogP contribution is 2.35. The van der Waals surface area contributed by atoms with E-state index in [4.69, 9.17) is 4.42 Å². The van der Waals surface area contributed by atoms with Gasteiger partial charge >= 0.3 is 0 Å². The lowest BCUT2D eigenvalue weighted by atomic mass is 10.1. The van der Waals surface area contributed by atoms with E-state index in [9.17, 15) is 4.79 Å². The van der Waals surface area contributed by atoms with Gasteiger partial charge in [0.15, 0.2) is 0 Å². The summed E-state index contributed by atoms with van der Waals surface area (Å²) >= 11 is 0. The maximum absolute atomic E-state index is 12.3. The smallest absolute Gasteiger partial charge is 0.223 e. The Kier molecular flexibility index (Phi) is 3.59. The second kappa shape index (κ2) is 5.53. The molecule has 0 spiro atoms. The van der Waals surface area contributed by atoms with E-state index in [1.807, 2.05) is 24.1 Å². The van der Waals surface area contributed by atoms with Crippen LogP contribution in [0.2, 0.25) is 0 Å². The normalized spacial score (nSPS) is 16.9. The largest absolute Gasteiger partial charge is 0.469 e. The van der Waals surface area contributed by atoms with Crippen LogP contribution in [0.3, 0.4) is 0 Å². The first-order valence-corrected chi connectivity index (χ1v) is 7.11. The molecule has 3 rings (SSSR count). The van der Waals surface area contributed by atoms with Crippen LogP contribution < -0.4 is 0 Å². The summed E-state index contributed by atoms with van der Waals surface area (Å²) in [7, 11) is 1.91. The molecule has 1 atom stereocenters.